The molecule has 62 heavy (non-hydrogen) atoms. The van der Waals surface area contributed by atoms with Gasteiger partial charge < -0.3 is 40.4 Å². The molecule has 4 aromatic rings. The van der Waals surface area contributed by atoms with Crippen LogP contribution in [0.5, 0.6) is 0 Å². The first-order valence-electron chi connectivity index (χ1n) is 22.2. The monoisotopic (exact) mass is 854 g/mol. The number of primary amides is 1. The number of aromatic nitrogens is 2. The summed E-state index contributed by atoms with van der Waals surface area (Å²) < 4.78 is 21.1. The van der Waals surface area contributed by atoms with Crippen LogP contribution < -0.4 is 27.0 Å². The summed E-state index contributed by atoms with van der Waals surface area (Å²) in [5, 5.41) is 27.2. The lowest BCUT2D eigenvalue weighted by Crippen LogP contribution is -2.56. The second kappa shape index (κ2) is 21.0. The molecule has 3 aliphatic heterocycles. The molecule has 0 spiro atoms. The van der Waals surface area contributed by atoms with Crippen molar-refractivity contribution < 1.29 is 38.8 Å². The Morgan fingerprint density at radius 2 is 1.63 bits per heavy atom. The Labute approximate surface area is 362 Å². The van der Waals surface area contributed by atoms with Gasteiger partial charge in [-0.2, -0.15) is 0 Å². The maximum atomic E-state index is 13.2. The largest absolute Gasteiger partial charge is 0.379 e. The van der Waals surface area contributed by atoms with Gasteiger partial charge in [0, 0.05) is 39.1 Å². The second-order valence-electron chi connectivity index (χ2n) is 16.9. The highest BCUT2D eigenvalue weighted by molar-refractivity contribution is 5.98. The Morgan fingerprint density at radius 1 is 0.919 bits per heavy atom. The van der Waals surface area contributed by atoms with E-state index in [4.69, 9.17) is 19.9 Å². The molecule has 6 N–H and O–H groups in total. The zero-order valence-electron chi connectivity index (χ0n) is 35.9. The van der Waals surface area contributed by atoms with E-state index in [0.717, 1.165) is 65.6 Å². The first-order valence-corrected chi connectivity index (χ1v) is 22.2. The van der Waals surface area contributed by atoms with Gasteiger partial charge >= 0.3 is 5.69 Å². The average Bonchev–Trinajstić information content (AvgIpc) is 3.71. The first-order chi connectivity index (χ1) is 30.0. The number of carbonyl (C=O) groups is 3. The van der Waals surface area contributed by atoms with Gasteiger partial charge in [0.1, 0.15) is 18.5 Å². The standard InChI is InChI=1S/C47H62N6O9/c1-30(36(20-22-40(48)54)49-46(58)39-28-35-12-3-9-33-11-5-15-42(56)53(39)43(33)35)62-29-32-18-16-31(17-19-32)8-6-24-60-26-27-61-25-7-13-34-10-4-14-37-44(34)51(2)47(59)52(37)38-21-23-41(55)50-45(38)57/h3-4,9-10,12,14,16-19,30,36,38-39,41,46,49,55,58H,5-8,11,13,15,20-29H2,1-2H3,(H2,48,54)(H,50,57)/t30-,36+,38?,39+,41?,46?/m1/s1. The lowest BCUT2D eigenvalue weighted by Gasteiger charge is -2.34. The predicted molar refractivity (Wildman–Crippen MR) is 234 cm³/mol. The Bertz CT molecular complexity index is 2240. The van der Waals surface area contributed by atoms with Crippen LogP contribution in [0.25, 0.3) is 11.0 Å². The topological polar surface area (TPSA) is 200 Å². The summed E-state index contributed by atoms with van der Waals surface area (Å²) in [5.41, 5.74) is 13.2. The van der Waals surface area contributed by atoms with Crippen LogP contribution in [0.4, 0.5) is 5.69 Å². The number of aliphatic hydroxyl groups excluding tert-OH is 2. The minimum absolute atomic E-state index is 0.0235. The fourth-order valence-electron chi connectivity index (χ4n) is 9.26. The van der Waals surface area contributed by atoms with E-state index in [-0.39, 0.29) is 36.1 Å². The van der Waals surface area contributed by atoms with Crippen molar-refractivity contribution in [2.75, 3.05) is 31.3 Å². The smallest absolute Gasteiger partial charge is 0.329 e. The number of carbonyl (C=O) groups excluding carboxylic acids is 3. The van der Waals surface area contributed by atoms with E-state index in [9.17, 15) is 29.4 Å². The number of nitrogens with two attached hydrogens (primary N) is 1. The van der Waals surface area contributed by atoms with Crippen molar-refractivity contribution in [1.82, 2.24) is 19.8 Å². The number of hydrogen-bond donors (Lipinski definition) is 5. The molecule has 334 valence electrons. The van der Waals surface area contributed by atoms with Crippen molar-refractivity contribution in [1.29, 1.82) is 0 Å². The van der Waals surface area contributed by atoms with Crippen molar-refractivity contribution in [3.63, 3.8) is 0 Å². The first kappa shape index (κ1) is 45.1. The summed E-state index contributed by atoms with van der Waals surface area (Å²) in [5.74, 6) is -0.745. The number of aryl methyl sites for hydroxylation is 4. The molecule has 3 aromatic carbocycles. The number of aliphatic hydroxyl groups is 2. The number of fused-ring (bicyclic) bond motifs is 1. The fourth-order valence-corrected chi connectivity index (χ4v) is 9.26. The van der Waals surface area contributed by atoms with E-state index in [1.807, 2.05) is 49.4 Å². The van der Waals surface area contributed by atoms with Gasteiger partial charge in [-0.3, -0.25) is 28.8 Å². The van der Waals surface area contributed by atoms with Crippen LogP contribution in [0.1, 0.15) is 92.1 Å². The van der Waals surface area contributed by atoms with Crippen LogP contribution in [0.2, 0.25) is 0 Å². The van der Waals surface area contributed by atoms with Gasteiger partial charge in [-0.1, -0.05) is 54.6 Å². The van der Waals surface area contributed by atoms with Gasteiger partial charge in [-0.15, -0.1) is 0 Å². The number of nitrogens with zero attached hydrogens (tertiary/aromatic N) is 3. The number of imidazole rings is 1. The van der Waals surface area contributed by atoms with Crippen LogP contribution in [-0.4, -0.2) is 94.1 Å². The van der Waals surface area contributed by atoms with E-state index in [1.54, 1.807) is 21.1 Å². The molecular weight excluding hydrogens is 793 g/mol. The molecule has 1 aromatic heterocycles. The lowest BCUT2D eigenvalue weighted by atomic mass is 10.0. The van der Waals surface area contributed by atoms with E-state index >= 15 is 0 Å². The summed E-state index contributed by atoms with van der Waals surface area (Å²) in [6.07, 6.45) is 4.89. The Morgan fingerprint density at radius 3 is 2.37 bits per heavy atom. The molecule has 3 unspecified atom stereocenters. The number of benzene rings is 3. The summed E-state index contributed by atoms with van der Waals surface area (Å²) in [6.45, 7) is 4.43. The zero-order valence-corrected chi connectivity index (χ0v) is 35.9. The highest BCUT2D eigenvalue weighted by Crippen LogP contribution is 2.39. The molecule has 15 heteroatoms. The van der Waals surface area contributed by atoms with E-state index in [1.165, 1.54) is 5.56 Å². The molecule has 7 rings (SSSR count). The van der Waals surface area contributed by atoms with Crippen molar-refractivity contribution in [2.24, 2.45) is 12.8 Å². The van der Waals surface area contributed by atoms with E-state index < -0.39 is 30.4 Å². The molecule has 3 aliphatic rings. The van der Waals surface area contributed by atoms with Crippen molar-refractivity contribution in [2.45, 2.75) is 127 Å². The number of hydrogen-bond acceptors (Lipinski definition) is 10. The normalized spacial score (nSPS) is 20.2. The summed E-state index contributed by atoms with van der Waals surface area (Å²) in [4.78, 5) is 52.6. The fraction of sp³-hybridized carbons (Fsp3) is 0.532. The lowest BCUT2D eigenvalue weighted by molar-refractivity contribution is -0.130. The quantitative estimate of drug-likeness (QED) is 0.0577. The van der Waals surface area contributed by atoms with Crippen LogP contribution in [0, 0.1) is 0 Å². The SMILES string of the molecule is C[C@@H](OCc1ccc(CCCOCCOCCCc2cccc3c2n(C)c(=O)n3C2CCC(O)NC2=O)cc1)[C@H](CCC(N)=O)NC(O)[C@@H]1Cc2cccc3c2N1C(=O)CCC3. The summed E-state index contributed by atoms with van der Waals surface area (Å²) in [6, 6.07) is 18.7. The number of amides is 3. The maximum Gasteiger partial charge on any atom is 0.329 e. The molecule has 4 heterocycles. The molecule has 0 bridgehead atoms. The highest BCUT2D eigenvalue weighted by atomic mass is 16.5. The Hall–Kier alpha value is -4.90. The summed E-state index contributed by atoms with van der Waals surface area (Å²) >= 11 is 0. The van der Waals surface area contributed by atoms with Crippen LogP contribution in [-0.2, 0) is 67.9 Å². The number of anilines is 1. The molecule has 0 aliphatic carbocycles. The van der Waals surface area contributed by atoms with Crippen LogP contribution >= 0.6 is 0 Å². The van der Waals surface area contributed by atoms with Gasteiger partial charge in [0.2, 0.25) is 17.7 Å². The minimum atomic E-state index is -1.02. The number of para-hydroxylation sites is 2. The van der Waals surface area contributed by atoms with Crippen molar-refractivity contribution in [3.05, 3.63) is 99.0 Å². The number of nitrogens with one attached hydrogen (secondary N) is 2. The average molecular weight is 855 g/mol. The molecule has 1 fully saturated rings. The van der Waals surface area contributed by atoms with Gasteiger partial charge in [-0.05, 0) is 105 Å². The van der Waals surface area contributed by atoms with Crippen LogP contribution in [0.15, 0.2) is 65.5 Å². The Balaban J connectivity index is 0.794. The van der Waals surface area contributed by atoms with E-state index in [2.05, 4.69) is 28.8 Å². The molecule has 6 atom stereocenters. The third-order valence-electron chi connectivity index (χ3n) is 12.5. The zero-order chi connectivity index (χ0) is 43.8. The van der Waals surface area contributed by atoms with Gasteiger partial charge in [-0.25, -0.2) is 4.79 Å². The van der Waals surface area contributed by atoms with Crippen LogP contribution in [0.3, 0.4) is 0 Å². The molecule has 0 saturated carbocycles. The molecule has 1 saturated heterocycles. The highest BCUT2D eigenvalue weighted by Gasteiger charge is 2.41. The molecular formula is C47H62N6O9. The van der Waals surface area contributed by atoms with Gasteiger partial charge in [0.15, 0.2) is 0 Å². The van der Waals surface area contributed by atoms with Gasteiger partial charge in [0.05, 0.1) is 48.7 Å². The molecule has 3 amide bonds. The predicted octanol–water partition coefficient (Wildman–Crippen LogP) is 3.45. The second-order valence-corrected chi connectivity index (χ2v) is 16.9. The number of ether oxygens (including phenoxy) is 3. The molecule has 15 nitrogen and oxygen atoms in total. The Kier molecular flexibility index (Phi) is 15.3. The van der Waals surface area contributed by atoms with Crippen molar-refractivity contribution in [3.8, 4) is 0 Å². The maximum absolute atomic E-state index is 13.2. The third-order valence-corrected chi connectivity index (χ3v) is 12.5. The van der Waals surface area contributed by atoms with Crippen molar-refractivity contribution >= 4 is 34.4 Å². The van der Waals surface area contributed by atoms with E-state index in [0.29, 0.717) is 77.1 Å². The van der Waals surface area contributed by atoms with Gasteiger partial charge in [0.25, 0.3) is 0 Å². The molecule has 0 radical (unpaired) electrons. The number of rotatable bonds is 22. The summed E-state index contributed by atoms with van der Waals surface area (Å²) in [7, 11) is 1.73. The number of piperidine rings is 1. The minimum Gasteiger partial charge on any atom is -0.379 e. The third kappa shape index (κ3) is 10.6.